The van der Waals surface area contributed by atoms with E-state index in [0.29, 0.717) is 0 Å². The quantitative estimate of drug-likeness (QED) is 0.690. The van der Waals surface area contributed by atoms with Crippen LogP contribution in [0.15, 0.2) is 21.7 Å². The third-order valence-electron chi connectivity index (χ3n) is 6.99. The van der Waals surface area contributed by atoms with Gasteiger partial charge in [-0.15, -0.1) is 0 Å². The van der Waals surface area contributed by atoms with Crippen molar-refractivity contribution in [3.63, 3.8) is 0 Å². The Balaban J connectivity index is 1.71. The molecule has 7 nitrogen and oxygen atoms in total. The SMILES string of the molecule is Cn1c(=O)n(CC(=O)N(C2CCCCC2)C2CCCCC2)c(=O)c2ccc(C(F)(F)F)nc21. The van der Waals surface area contributed by atoms with Crippen LogP contribution < -0.4 is 11.2 Å². The average molecular weight is 467 g/mol. The summed E-state index contributed by atoms with van der Waals surface area (Å²) in [6.07, 6.45) is 5.43. The predicted octanol–water partition coefficient (Wildman–Crippen LogP) is 3.61. The first-order valence-corrected chi connectivity index (χ1v) is 11.7. The van der Waals surface area contributed by atoms with Crippen LogP contribution in [0.1, 0.15) is 69.9 Å². The zero-order chi connectivity index (χ0) is 23.8. The van der Waals surface area contributed by atoms with E-state index in [9.17, 15) is 27.6 Å². The lowest BCUT2D eigenvalue weighted by Crippen LogP contribution is -2.52. The highest BCUT2D eigenvalue weighted by Gasteiger charge is 2.34. The number of carbonyl (C=O) groups is 1. The molecule has 0 saturated heterocycles. The predicted molar refractivity (Wildman–Crippen MR) is 117 cm³/mol. The fourth-order valence-corrected chi connectivity index (χ4v) is 5.31. The molecule has 0 N–H and O–H groups in total. The second kappa shape index (κ2) is 9.30. The fraction of sp³-hybridized carbons (Fsp3) is 0.652. The minimum atomic E-state index is -4.70. The highest BCUT2D eigenvalue weighted by atomic mass is 19.4. The fourth-order valence-electron chi connectivity index (χ4n) is 5.31. The van der Waals surface area contributed by atoms with Crippen LogP contribution in [0.25, 0.3) is 11.0 Å². The number of halogens is 3. The number of amides is 1. The molecule has 0 unspecified atom stereocenters. The first-order chi connectivity index (χ1) is 15.7. The molecule has 4 rings (SSSR count). The molecule has 0 spiro atoms. The van der Waals surface area contributed by atoms with Gasteiger partial charge in [0.2, 0.25) is 5.91 Å². The smallest absolute Gasteiger partial charge is 0.335 e. The molecule has 2 fully saturated rings. The summed E-state index contributed by atoms with van der Waals surface area (Å²) >= 11 is 0. The molecule has 2 heterocycles. The number of hydrogen-bond donors (Lipinski definition) is 0. The Labute approximate surface area is 189 Å². The minimum Gasteiger partial charge on any atom is -0.335 e. The van der Waals surface area contributed by atoms with Crippen molar-refractivity contribution in [1.82, 2.24) is 19.0 Å². The molecule has 2 aromatic heterocycles. The van der Waals surface area contributed by atoms with Gasteiger partial charge in [0.15, 0.2) is 0 Å². The average Bonchev–Trinajstić information content (AvgIpc) is 2.81. The third-order valence-corrected chi connectivity index (χ3v) is 6.99. The van der Waals surface area contributed by atoms with Gasteiger partial charge < -0.3 is 4.90 Å². The Morgan fingerprint density at radius 1 is 1.00 bits per heavy atom. The highest BCUT2D eigenvalue weighted by Crippen LogP contribution is 2.31. The lowest BCUT2D eigenvalue weighted by Gasteiger charge is -2.42. The first kappa shape index (κ1) is 23.5. The molecule has 0 atom stereocenters. The maximum Gasteiger partial charge on any atom is 0.433 e. The third kappa shape index (κ3) is 4.70. The van der Waals surface area contributed by atoms with Crippen LogP contribution in [0.2, 0.25) is 0 Å². The molecule has 0 bridgehead atoms. The molecule has 2 aliphatic rings. The Morgan fingerprint density at radius 3 is 2.06 bits per heavy atom. The van der Waals surface area contributed by atoms with Crippen molar-refractivity contribution in [2.75, 3.05) is 0 Å². The van der Waals surface area contributed by atoms with E-state index in [1.165, 1.54) is 7.05 Å². The monoisotopic (exact) mass is 466 g/mol. The van der Waals surface area contributed by atoms with E-state index in [2.05, 4.69) is 4.98 Å². The van der Waals surface area contributed by atoms with Crippen molar-refractivity contribution >= 4 is 16.9 Å². The normalized spacial score (nSPS) is 18.5. The molecule has 0 radical (unpaired) electrons. The van der Waals surface area contributed by atoms with Gasteiger partial charge in [0.1, 0.15) is 17.9 Å². The van der Waals surface area contributed by atoms with Gasteiger partial charge in [-0.25, -0.2) is 9.78 Å². The van der Waals surface area contributed by atoms with Crippen molar-refractivity contribution in [1.29, 1.82) is 0 Å². The van der Waals surface area contributed by atoms with E-state index in [1.54, 1.807) is 0 Å². The zero-order valence-corrected chi connectivity index (χ0v) is 18.7. The lowest BCUT2D eigenvalue weighted by molar-refractivity contribution is -0.141. The Morgan fingerprint density at radius 2 is 1.55 bits per heavy atom. The maximum atomic E-state index is 13.5. The van der Waals surface area contributed by atoms with Crippen LogP contribution in [-0.4, -0.2) is 37.0 Å². The van der Waals surface area contributed by atoms with Crippen molar-refractivity contribution < 1.29 is 18.0 Å². The van der Waals surface area contributed by atoms with Gasteiger partial charge in [-0.05, 0) is 37.8 Å². The molecule has 2 saturated carbocycles. The van der Waals surface area contributed by atoms with Gasteiger partial charge in [-0.1, -0.05) is 38.5 Å². The van der Waals surface area contributed by atoms with Gasteiger partial charge >= 0.3 is 11.9 Å². The topological polar surface area (TPSA) is 77.2 Å². The number of rotatable bonds is 4. The molecule has 2 aliphatic carbocycles. The van der Waals surface area contributed by atoms with Gasteiger partial charge in [-0.2, -0.15) is 13.2 Å². The number of nitrogens with zero attached hydrogens (tertiary/aromatic N) is 4. The van der Waals surface area contributed by atoms with E-state index in [4.69, 9.17) is 0 Å². The summed E-state index contributed by atoms with van der Waals surface area (Å²) in [5, 5.41) is -0.125. The summed E-state index contributed by atoms with van der Waals surface area (Å²) in [4.78, 5) is 44.9. The molecule has 0 aromatic carbocycles. The van der Waals surface area contributed by atoms with Crippen LogP contribution >= 0.6 is 0 Å². The number of fused-ring (bicyclic) bond motifs is 1. The number of carbonyl (C=O) groups excluding carboxylic acids is 1. The number of pyridine rings is 1. The maximum absolute atomic E-state index is 13.5. The lowest BCUT2D eigenvalue weighted by atomic mass is 9.88. The summed E-state index contributed by atoms with van der Waals surface area (Å²) in [5.41, 5.74) is -3.17. The standard InChI is InChI=1S/C23H29F3N4O3/c1-28-20-17(12-13-18(27-20)23(24,25)26)21(32)29(22(28)33)14-19(31)30(15-8-4-2-5-9-15)16-10-6-3-7-11-16/h12-13,15-16H,2-11,14H2,1H3. The van der Waals surface area contributed by atoms with Gasteiger partial charge in [0.25, 0.3) is 5.56 Å². The van der Waals surface area contributed by atoms with Crippen LogP contribution in [0.5, 0.6) is 0 Å². The molecule has 2 aromatic rings. The summed E-state index contributed by atoms with van der Waals surface area (Å²) < 4.78 is 40.9. The summed E-state index contributed by atoms with van der Waals surface area (Å²) in [7, 11) is 1.26. The highest BCUT2D eigenvalue weighted by molar-refractivity contribution is 5.78. The van der Waals surface area contributed by atoms with Crippen molar-refractivity contribution in [3.8, 4) is 0 Å². The van der Waals surface area contributed by atoms with E-state index >= 15 is 0 Å². The molecule has 180 valence electrons. The number of aryl methyl sites for hydroxylation is 1. The molecular weight excluding hydrogens is 437 g/mol. The summed E-state index contributed by atoms with van der Waals surface area (Å²) in [6, 6.07) is 1.95. The zero-order valence-electron chi connectivity index (χ0n) is 18.7. The summed E-state index contributed by atoms with van der Waals surface area (Å²) in [5.74, 6) is -0.271. The minimum absolute atomic E-state index is 0.102. The van der Waals surface area contributed by atoms with Crippen molar-refractivity contribution in [2.24, 2.45) is 7.05 Å². The molecule has 10 heteroatoms. The van der Waals surface area contributed by atoms with Crippen LogP contribution in [0.3, 0.4) is 0 Å². The number of alkyl halides is 3. The van der Waals surface area contributed by atoms with Crippen LogP contribution in [-0.2, 0) is 24.6 Å². The van der Waals surface area contributed by atoms with Gasteiger partial charge in [-0.3, -0.25) is 18.7 Å². The largest absolute Gasteiger partial charge is 0.433 e. The second-order valence-electron chi connectivity index (χ2n) is 9.18. The van der Waals surface area contributed by atoms with E-state index in [0.717, 1.165) is 85.5 Å². The molecule has 33 heavy (non-hydrogen) atoms. The number of hydrogen-bond acceptors (Lipinski definition) is 4. The molecular formula is C23H29F3N4O3. The molecule has 0 aliphatic heterocycles. The van der Waals surface area contributed by atoms with Crippen LogP contribution in [0.4, 0.5) is 13.2 Å². The van der Waals surface area contributed by atoms with Gasteiger partial charge in [0, 0.05) is 19.1 Å². The summed E-state index contributed by atoms with van der Waals surface area (Å²) in [6.45, 7) is -0.421. The van der Waals surface area contributed by atoms with E-state index < -0.39 is 29.7 Å². The number of aromatic nitrogens is 3. The van der Waals surface area contributed by atoms with E-state index in [1.807, 2.05) is 4.90 Å². The van der Waals surface area contributed by atoms with Crippen molar-refractivity contribution in [2.45, 2.75) is 89.0 Å². The van der Waals surface area contributed by atoms with Crippen molar-refractivity contribution in [3.05, 3.63) is 38.7 Å². The van der Waals surface area contributed by atoms with Gasteiger partial charge in [0.05, 0.1) is 5.39 Å². The Kier molecular flexibility index (Phi) is 6.63. The first-order valence-electron chi connectivity index (χ1n) is 11.7. The second-order valence-corrected chi connectivity index (χ2v) is 9.18. The molecule has 1 amide bonds. The van der Waals surface area contributed by atoms with Crippen LogP contribution in [0, 0.1) is 0 Å². The van der Waals surface area contributed by atoms with E-state index in [-0.39, 0.29) is 29.0 Å². The Hall–Kier alpha value is -2.65. The Bertz CT molecular complexity index is 1120.